The van der Waals surface area contributed by atoms with Crippen molar-refractivity contribution in [2.75, 3.05) is 45.9 Å². The van der Waals surface area contributed by atoms with Gasteiger partial charge in [0, 0.05) is 37.3 Å². The molecule has 2 amide bonds. The smallest absolute Gasteiger partial charge is 0.252 e. The van der Waals surface area contributed by atoms with Crippen molar-refractivity contribution in [2.24, 2.45) is 0 Å². The fraction of sp³-hybridized carbons (Fsp3) is 0.320. The van der Waals surface area contributed by atoms with Crippen LogP contribution in [-0.2, 0) is 9.53 Å². The number of aromatic nitrogens is 1. The molecule has 0 saturated carbocycles. The number of nitrogens with one attached hydrogen (secondary N) is 2. The molecular weight excluding hydrogens is 420 g/mol. The number of hydrogen-bond donors (Lipinski definition) is 2. The molecule has 0 aliphatic carbocycles. The van der Waals surface area contributed by atoms with E-state index in [0.29, 0.717) is 29.3 Å². The van der Waals surface area contributed by atoms with Crippen LogP contribution in [0.5, 0.6) is 0 Å². The molecule has 3 aromatic rings. The first kappa shape index (κ1) is 22.7. The molecular formula is C25H28N4O4. The van der Waals surface area contributed by atoms with Crippen LogP contribution in [-0.4, -0.2) is 67.6 Å². The summed E-state index contributed by atoms with van der Waals surface area (Å²) in [6.07, 6.45) is 1.65. The highest BCUT2D eigenvalue weighted by molar-refractivity contribution is 6.01. The van der Waals surface area contributed by atoms with Gasteiger partial charge in [-0.2, -0.15) is 0 Å². The van der Waals surface area contributed by atoms with Gasteiger partial charge in [0.05, 0.1) is 31.5 Å². The second-order valence-corrected chi connectivity index (χ2v) is 7.93. The van der Waals surface area contributed by atoms with Crippen molar-refractivity contribution in [1.82, 2.24) is 20.5 Å². The summed E-state index contributed by atoms with van der Waals surface area (Å²) in [5, 5.41) is 5.53. The Hall–Kier alpha value is -3.49. The molecule has 4 rings (SSSR count). The van der Waals surface area contributed by atoms with E-state index < -0.39 is 0 Å². The topological polar surface area (TPSA) is 96.7 Å². The monoisotopic (exact) mass is 448 g/mol. The number of amides is 2. The van der Waals surface area contributed by atoms with Gasteiger partial charge in [0.1, 0.15) is 0 Å². The number of ether oxygens (including phenoxy) is 1. The molecule has 0 atom stereocenters. The number of benzene rings is 2. The van der Waals surface area contributed by atoms with E-state index in [9.17, 15) is 9.59 Å². The molecule has 2 aromatic carbocycles. The van der Waals surface area contributed by atoms with Gasteiger partial charge >= 0.3 is 0 Å². The fourth-order valence-electron chi connectivity index (χ4n) is 3.61. The Labute approximate surface area is 192 Å². The zero-order valence-corrected chi connectivity index (χ0v) is 18.7. The van der Waals surface area contributed by atoms with Crippen LogP contribution in [0.1, 0.15) is 15.9 Å². The Bertz CT molecular complexity index is 1090. The average Bonchev–Trinajstić information content (AvgIpc) is 3.34. The summed E-state index contributed by atoms with van der Waals surface area (Å²) < 4.78 is 11.3. The van der Waals surface area contributed by atoms with Gasteiger partial charge in [-0.05, 0) is 19.1 Å². The normalized spacial score (nSPS) is 14.1. The van der Waals surface area contributed by atoms with E-state index in [-0.39, 0.29) is 18.4 Å². The zero-order valence-electron chi connectivity index (χ0n) is 18.7. The Kier molecular flexibility index (Phi) is 7.49. The molecule has 1 fully saturated rings. The van der Waals surface area contributed by atoms with Crippen molar-refractivity contribution in [1.29, 1.82) is 0 Å². The van der Waals surface area contributed by atoms with E-state index in [2.05, 4.69) is 20.5 Å². The van der Waals surface area contributed by atoms with Gasteiger partial charge in [-0.3, -0.25) is 14.5 Å². The number of oxazole rings is 1. The molecule has 1 saturated heterocycles. The van der Waals surface area contributed by atoms with Gasteiger partial charge in [-0.15, -0.1) is 0 Å². The van der Waals surface area contributed by atoms with Gasteiger partial charge in [0.25, 0.3) is 5.91 Å². The summed E-state index contributed by atoms with van der Waals surface area (Å²) in [6.45, 7) is 6.40. The molecule has 2 heterocycles. The molecule has 0 bridgehead atoms. The Morgan fingerprint density at radius 2 is 1.79 bits per heavy atom. The number of carbonyl (C=O) groups is 2. The maximum Gasteiger partial charge on any atom is 0.252 e. The predicted octanol–water partition coefficient (Wildman–Crippen LogP) is 2.50. The van der Waals surface area contributed by atoms with E-state index in [4.69, 9.17) is 9.15 Å². The van der Waals surface area contributed by atoms with Crippen LogP contribution in [0.3, 0.4) is 0 Å². The molecule has 8 heteroatoms. The van der Waals surface area contributed by atoms with Crippen LogP contribution >= 0.6 is 0 Å². The van der Waals surface area contributed by atoms with Crippen LogP contribution in [0.25, 0.3) is 22.8 Å². The lowest BCUT2D eigenvalue weighted by atomic mass is 10.1. The van der Waals surface area contributed by atoms with Gasteiger partial charge in [0.15, 0.2) is 5.76 Å². The Morgan fingerprint density at radius 3 is 2.58 bits per heavy atom. The van der Waals surface area contributed by atoms with E-state index in [0.717, 1.165) is 44.0 Å². The van der Waals surface area contributed by atoms with Gasteiger partial charge in [0.2, 0.25) is 11.8 Å². The second-order valence-electron chi connectivity index (χ2n) is 7.93. The number of nitrogens with zero attached hydrogens (tertiary/aromatic N) is 2. The van der Waals surface area contributed by atoms with Gasteiger partial charge in [-0.25, -0.2) is 4.98 Å². The summed E-state index contributed by atoms with van der Waals surface area (Å²) in [5.41, 5.74) is 3.04. The lowest BCUT2D eigenvalue weighted by Gasteiger charge is -2.26. The summed E-state index contributed by atoms with van der Waals surface area (Å²) in [4.78, 5) is 31.6. The first-order valence-electron chi connectivity index (χ1n) is 11.1. The highest BCUT2D eigenvalue weighted by Crippen LogP contribution is 2.28. The number of hydrogen-bond acceptors (Lipinski definition) is 6. The van der Waals surface area contributed by atoms with Crippen LogP contribution in [0.2, 0.25) is 0 Å². The number of aryl methyl sites for hydroxylation is 1. The molecule has 172 valence electrons. The third-order valence-corrected chi connectivity index (χ3v) is 5.51. The van der Waals surface area contributed by atoms with E-state index in [1.165, 1.54) is 0 Å². The third kappa shape index (κ3) is 6.06. The first-order chi connectivity index (χ1) is 16.1. The number of carbonyl (C=O) groups excluding carboxylic acids is 2. The molecule has 2 N–H and O–H groups in total. The van der Waals surface area contributed by atoms with Crippen molar-refractivity contribution in [3.8, 4) is 22.8 Å². The van der Waals surface area contributed by atoms with Crippen LogP contribution in [0.15, 0.2) is 59.1 Å². The lowest BCUT2D eigenvalue weighted by molar-refractivity contribution is -0.120. The van der Waals surface area contributed by atoms with E-state index in [1.807, 2.05) is 37.3 Å². The van der Waals surface area contributed by atoms with Crippen molar-refractivity contribution < 1.29 is 18.7 Å². The molecule has 33 heavy (non-hydrogen) atoms. The minimum atomic E-state index is -0.357. The van der Waals surface area contributed by atoms with Crippen molar-refractivity contribution in [2.45, 2.75) is 6.92 Å². The van der Waals surface area contributed by atoms with Crippen molar-refractivity contribution in [3.63, 3.8) is 0 Å². The summed E-state index contributed by atoms with van der Waals surface area (Å²) in [6, 6.07) is 15.0. The van der Waals surface area contributed by atoms with Crippen LogP contribution in [0.4, 0.5) is 0 Å². The highest BCUT2D eigenvalue weighted by atomic mass is 16.5. The van der Waals surface area contributed by atoms with E-state index >= 15 is 0 Å². The quantitative estimate of drug-likeness (QED) is 0.550. The minimum Gasteiger partial charge on any atom is -0.436 e. The van der Waals surface area contributed by atoms with Crippen LogP contribution in [0, 0.1) is 6.92 Å². The highest BCUT2D eigenvalue weighted by Gasteiger charge is 2.18. The summed E-state index contributed by atoms with van der Waals surface area (Å²) in [5.74, 6) is 0.391. The van der Waals surface area contributed by atoms with E-state index in [1.54, 1.807) is 24.4 Å². The number of morpholine rings is 1. The Balaban J connectivity index is 1.34. The summed E-state index contributed by atoms with van der Waals surface area (Å²) >= 11 is 0. The molecule has 0 spiro atoms. The SMILES string of the molecule is Cc1ccc(-c2cnc(-c3ccccc3C(=O)NCC(=O)NCCN3CCOCC3)o2)cc1. The Morgan fingerprint density at radius 1 is 1.03 bits per heavy atom. The molecule has 0 radical (unpaired) electrons. The molecule has 1 aromatic heterocycles. The lowest BCUT2D eigenvalue weighted by Crippen LogP contribution is -2.43. The fourth-order valence-corrected chi connectivity index (χ4v) is 3.61. The largest absolute Gasteiger partial charge is 0.436 e. The van der Waals surface area contributed by atoms with Crippen molar-refractivity contribution >= 4 is 11.8 Å². The molecule has 0 unspecified atom stereocenters. The molecule has 1 aliphatic heterocycles. The minimum absolute atomic E-state index is 0.101. The second kappa shape index (κ2) is 10.9. The third-order valence-electron chi connectivity index (χ3n) is 5.51. The maximum absolute atomic E-state index is 12.8. The summed E-state index contributed by atoms with van der Waals surface area (Å²) in [7, 11) is 0. The average molecular weight is 449 g/mol. The van der Waals surface area contributed by atoms with Crippen LogP contribution < -0.4 is 10.6 Å². The molecule has 1 aliphatic rings. The van der Waals surface area contributed by atoms with Crippen molar-refractivity contribution in [3.05, 3.63) is 65.9 Å². The first-order valence-corrected chi connectivity index (χ1v) is 11.1. The maximum atomic E-state index is 12.8. The van der Waals surface area contributed by atoms with Gasteiger partial charge < -0.3 is 19.8 Å². The predicted molar refractivity (Wildman–Crippen MR) is 125 cm³/mol. The zero-order chi connectivity index (χ0) is 23.0. The number of rotatable bonds is 8. The van der Waals surface area contributed by atoms with Gasteiger partial charge in [-0.1, -0.05) is 42.0 Å². The molecule has 8 nitrogen and oxygen atoms in total. The standard InChI is InChI=1S/C25H28N4O4/c1-18-6-8-19(9-7-18)22-16-28-25(33-22)21-5-3-2-4-20(21)24(31)27-17-23(30)26-10-11-29-12-14-32-15-13-29/h2-9,16H,10-15,17H2,1H3,(H,26,30)(H,27,31).